The molecule has 0 radical (unpaired) electrons. The van der Waals surface area contributed by atoms with Crippen LogP contribution in [0.5, 0.6) is 0 Å². The lowest BCUT2D eigenvalue weighted by Gasteiger charge is -2.17. The van der Waals surface area contributed by atoms with E-state index in [9.17, 15) is 0 Å². The van der Waals surface area contributed by atoms with Gasteiger partial charge in [-0.15, -0.1) is 0 Å². The molecule has 7 heavy (non-hydrogen) atoms. The number of rotatable bonds is 2. The molecule has 4 heteroatoms. The highest BCUT2D eigenvalue weighted by Gasteiger charge is 2.14. The zero-order chi connectivity index (χ0) is 5.91. The third-order valence-electron chi connectivity index (χ3n) is 0.697. The normalized spacial score (nSPS) is 12.0. The molecule has 0 spiro atoms. The van der Waals surface area contributed by atoms with Gasteiger partial charge >= 0.3 is 0 Å². The number of hydrogen-bond donors (Lipinski definition) is 4. The van der Waals surface area contributed by atoms with Crippen molar-refractivity contribution in [2.45, 2.75) is 6.03 Å². The van der Waals surface area contributed by atoms with Gasteiger partial charge in [-0.25, -0.2) is 0 Å². The first-order valence-electron chi connectivity index (χ1n) is 1.95. The Morgan fingerprint density at radius 2 is 1.43 bits per heavy atom. The second kappa shape index (κ2) is 2.23. The summed E-state index contributed by atoms with van der Waals surface area (Å²) in [5, 5.41) is 21.3. The van der Waals surface area contributed by atoms with Crippen LogP contribution in [-0.4, -0.2) is 30.3 Å². The minimum absolute atomic E-state index is 1.43. The summed E-state index contributed by atoms with van der Waals surface area (Å²) in [7, 11) is 2.85. The molecule has 0 aliphatic heterocycles. The van der Waals surface area contributed by atoms with Crippen molar-refractivity contribution in [2.75, 3.05) is 14.1 Å². The molecule has 0 fully saturated rings. The zero-order valence-corrected chi connectivity index (χ0v) is 4.39. The maximum absolute atomic E-state index is 8.47. The molecule has 0 aliphatic carbocycles. The van der Waals surface area contributed by atoms with Crippen molar-refractivity contribution in [3.63, 3.8) is 0 Å². The van der Waals surface area contributed by atoms with E-state index in [0.29, 0.717) is 0 Å². The highest BCUT2D eigenvalue weighted by atomic mass is 16.5. The topological polar surface area (TPSA) is 64.5 Å². The standard InChI is InChI=1S/C3H10N2O2/c1-4-3(6,7)5-2/h4-7H,1-2H3. The smallest absolute Gasteiger partial charge is 0.286 e. The lowest BCUT2D eigenvalue weighted by molar-refractivity contribution is -0.200. The molecule has 0 amide bonds. The molecule has 4 N–H and O–H groups in total. The first-order chi connectivity index (χ1) is 3.12. The van der Waals surface area contributed by atoms with Gasteiger partial charge in [0.1, 0.15) is 0 Å². The van der Waals surface area contributed by atoms with Gasteiger partial charge in [0.2, 0.25) is 0 Å². The minimum Gasteiger partial charge on any atom is -0.341 e. The van der Waals surface area contributed by atoms with Gasteiger partial charge < -0.3 is 10.2 Å². The van der Waals surface area contributed by atoms with Gasteiger partial charge in [-0.1, -0.05) is 0 Å². The Morgan fingerprint density at radius 1 is 1.14 bits per heavy atom. The summed E-state index contributed by atoms with van der Waals surface area (Å²) in [6.07, 6.45) is 0. The SMILES string of the molecule is CNC(O)(O)NC. The van der Waals surface area contributed by atoms with Gasteiger partial charge in [0.05, 0.1) is 0 Å². The monoisotopic (exact) mass is 106 g/mol. The second-order valence-corrected chi connectivity index (χ2v) is 1.17. The molecule has 0 saturated carbocycles. The predicted molar refractivity (Wildman–Crippen MR) is 25.3 cm³/mol. The quantitative estimate of drug-likeness (QED) is 0.308. The molecule has 44 valence electrons. The maximum atomic E-state index is 8.47. The van der Waals surface area contributed by atoms with Gasteiger partial charge in [-0.2, -0.15) is 0 Å². The fraction of sp³-hybridized carbons (Fsp3) is 1.00. The average molecular weight is 106 g/mol. The average Bonchev–Trinajstić information content (AvgIpc) is 1.68. The Kier molecular flexibility index (Phi) is 2.17. The minimum atomic E-state index is -1.92. The largest absolute Gasteiger partial charge is 0.341 e. The summed E-state index contributed by atoms with van der Waals surface area (Å²) < 4.78 is 0. The molecule has 0 aromatic heterocycles. The molecular formula is C3H10N2O2. The predicted octanol–water partition coefficient (Wildman–Crippen LogP) is -1.98. The third-order valence-corrected chi connectivity index (χ3v) is 0.697. The highest BCUT2D eigenvalue weighted by molar-refractivity contribution is 4.46. The molecule has 0 aliphatic rings. The van der Waals surface area contributed by atoms with Crippen LogP contribution in [0.1, 0.15) is 0 Å². The van der Waals surface area contributed by atoms with Crippen molar-refractivity contribution in [3.8, 4) is 0 Å². The van der Waals surface area contributed by atoms with E-state index in [0.717, 1.165) is 0 Å². The molecule has 0 unspecified atom stereocenters. The van der Waals surface area contributed by atoms with Crippen LogP contribution >= 0.6 is 0 Å². The van der Waals surface area contributed by atoms with Gasteiger partial charge in [0, 0.05) is 0 Å². The molecule has 4 nitrogen and oxygen atoms in total. The van der Waals surface area contributed by atoms with Gasteiger partial charge in [-0.05, 0) is 14.1 Å². The van der Waals surface area contributed by atoms with Crippen molar-refractivity contribution in [1.29, 1.82) is 0 Å². The Bertz CT molecular complexity index is 48.9. The van der Waals surface area contributed by atoms with Crippen LogP contribution in [0.3, 0.4) is 0 Å². The van der Waals surface area contributed by atoms with Crippen LogP contribution < -0.4 is 10.6 Å². The lowest BCUT2D eigenvalue weighted by atomic mass is 10.8. The van der Waals surface area contributed by atoms with Crippen LogP contribution in [0.25, 0.3) is 0 Å². The fourth-order valence-corrected chi connectivity index (χ4v) is 0.125. The van der Waals surface area contributed by atoms with E-state index in [4.69, 9.17) is 10.2 Å². The van der Waals surface area contributed by atoms with E-state index in [-0.39, 0.29) is 0 Å². The third kappa shape index (κ3) is 2.52. The Morgan fingerprint density at radius 3 is 1.43 bits per heavy atom. The molecular weight excluding hydrogens is 96.0 g/mol. The summed E-state index contributed by atoms with van der Waals surface area (Å²) >= 11 is 0. The van der Waals surface area contributed by atoms with Crippen molar-refractivity contribution >= 4 is 0 Å². The van der Waals surface area contributed by atoms with E-state index >= 15 is 0 Å². The molecule has 0 atom stereocenters. The Balaban J connectivity index is 3.36. The summed E-state index contributed by atoms with van der Waals surface area (Å²) in [6, 6.07) is -1.92. The summed E-state index contributed by atoms with van der Waals surface area (Å²) in [5.41, 5.74) is 0. The summed E-state index contributed by atoms with van der Waals surface area (Å²) in [5.74, 6) is 0. The second-order valence-electron chi connectivity index (χ2n) is 1.17. The van der Waals surface area contributed by atoms with Crippen molar-refractivity contribution in [3.05, 3.63) is 0 Å². The van der Waals surface area contributed by atoms with E-state index in [2.05, 4.69) is 10.6 Å². The highest BCUT2D eigenvalue weighted by Crippen LogP contribution is 1.78. The van der Waals surface area contributed by atoms with E-state index in [1.807, 2.05) is 0 Å². The maximum Gasteiger partial charge on any atom is 0.286 e. The van der Waals surface area contributed by atoms with Gasteiger partial charge in [0.25, 0.3) is 6.03 Å². The van der Waals surface area contributed by atoms with Crippen LogP contribution in [0.4, 0.5) is 0 Å². The van der Waals surface area contributed by atoms with Crippen molar-refractivity contribution < 1.29 is 10.2 Å². The van der Waals surface area contributed by atoms with Crippen LogP contribution in [0.2, 0.25) is 0 Å². The van der Waals surface area contributed by atoms with E-state index < -0.39 is 6.03 Å². The summed E-state index contributed by atoms with van der Waals surface area (Å²) in [6.45, 7) is 0. The van der Waals surface area contributed by atoms with Gasteiger partial charge in [-0.3, -0.25) is 10.6 Å². The van der Waals surface area contributed by atoms with Gasteiger partial charge in [0.15, 0.2) is 0 Å². The summed E-state index contributed by atoms with van der Waals surface area (Å²) in [4.78, 5) is 0. The fourth-order valence-electron chi connectivity index (χ4n) is 0.125. The molecule has 0 heterocycles. The molecule has 0 saturated heterocycles. The molecule has 0 aromatic carbocycles. The van der Waals surface area contributed by atoms with E-state index in [1.165, 1.54) is 14.1 Å². The number of nitrogens with one attached hydrogen (secondary N) is 2. The molecule has 0 bridgehead atoms. The Hall–Kier alpha value is -0.160. The number of hydrogen-bond acceptors (Lipinski definition) is 4. The Labute approximate surface area is 42.2 Å². The first kappa shape index (κ1) is 6.84. The van der Waals surface area contributed by atoms with E-state index in [1.54, 1.807) is 0 Å². The lowest BCUT2D eigenvalue weighted by Crippen LogP contribution is -2.53. The van der Waals surface area contributed by atoms with Crippen molar-refractivity contribution in [2.24, 2.45) is 0 Å². The molecule has 0 rings (SSSR count). The van der Waals surface area contributed by atoms with Crippen LogP contribution in [0.15, 0.2) is 0 Å². The number of aliphatic hydroxyl groups is 2. The first-order valence-corrected chi connectivity index (χ1v) is 1.95. The zero-order valence-electron chi connectivity index (χ0n) is 4.39. The van der Waals surface area contributed by atoms with Crippen LogP contribution in [-0.2, 0) is 0 Å². The van der Waals surface area contributed by atoms with Crippen molar-refractivity contribution in [1.82, 2.24) is 10.6 Å². The van der Waals surface area contributed by atoms with Crippen LogP contribution in [0, 0.1) is 0 Å². The molecule has 0 aromatic rings.